The summed E-state index contributed by atoms with van der Waals surface area (Å²) in [6, 6.07) is 9.45. The van der Waals surface area contributed by atoms with Crippen LogP contribution in [0.2, 0.25) is 0 Å². The topological polar surface area (TPSA) is 24.5 Å². The molecule has 1 aromatic rings. The minimum Gasteiger partial charge on any atom is -0.380 e. The summed E-state index contributed by atoms with van der Waals surface area (Å²) in [6.07, 6.45) is 3.96. The maximum atomic E-state index is 5.28. The summed E-state index contributed by atoms with van der Waals surface area (Å²) in [7, 11) is 1.76. The van der Waals surface area contributed by atoms with Gasteiger partial charge in [0.15, 0.2) is 0 Å². The SMILES string of the molecule is CCC1CNC(C)(C2CC2)CN1c1cccc(COC)c1. The molecule has 3 heteroatoms. The average molecular weight is 288 g/mol. The number of rotatable bonds is 5. The average Bonchev–Trinajstić information content (AvgIpc) is 3.33. The predicted octanol–water partition coefficient (Wildman–Crippen LogP) is 3.19. The molecular weight excluding hydrogens is 260 g/mol. The zero-order chi connectivity index (χ0) is 14.9. The van der Waals surface area contributed by atoms with E-state index in [1.54, 1.807) is 7.11 Å². The standard InChI is InChI=1S/C18H28N2O/c1-4-16-11-19-18(2,15-8-9-15)13-20(16)17-7-5-6-14(10-17)12-21-3/h5-7,10,15-16,19H,4,8-9,11-13H2,1-3H3. The molecular formula is C18H28N2O. The Morgan fingerprint density at radius 3 is 2.86 bits per heavy atom. The zero-order valence-electron chi connectivity index (χ0n) is 13.6. The van der Waals surface area contributed by atoms with Gasteiger partial charge in [-0.25, -0.2) is 0 Å². The number of benzene rings is 1. The van der Waals surface area contributed by atoms with E-state index in [9.17, 15) is 0 Å². The van der Waals surface area contributed by atoms with Crippen LogP contribution in [0.15, 0.2) is 24.3 Å². The minimum absolute atomic E-state index is 0.281. The first-order chi connectivity index (χ1) is 10.2. The van der Waals surface area contributed by atoms with Crippen LogP contribution in [0, 0.1) is 5.92 Å². The van der Waals surface area contributed by atoms with Gasteiger partial charge in [-0.15, -0.1) is 0 Å². The number of ether oxygens (including phenoxy) is 1. The van der Waals surface area contributed by atoms with Gasteiger partial charge in [0.25, 0.3) is 0 Å². The van der Waals surface area contributed by atoms with Crippen molar-refractivity contribution in [3.63, 3.8) is 0 Å². The second-order valence-corrected chi connectivity index (χ2v) is 6.87. The van der Waals surface area contributed by atoms with E-state index in [2.05, 4.69) is 48.3 Å². The molecule has 1 N–H and O–H groups in total. The lowest BCUT2D eigenvalue weighted by atomic mass is 9.90. The minimum atomic E-state index is 0.281. The highest BCUT2D eigenvalue weighted by Crippen LogP contribution is 2.42. The Bertz CT molecular complexity index is 486. The zero-order valence-corrected chi connectivity index (χ0v) is 13.6. The Kier molecular flexibility index (Phi) is 4.23. The van der Waals surface area contributed by atoms with Crippen LogP contribution in [-0.2, 0) is 11.3 Å². The molecule has 2 atom stereocenters. The Balaban J connectivity index is 1.83. The molecule has 3 rings (SSSR count). The third kappa shape index (κ3) is 3.09. The molecule has 1 saturated heterocycles. The Morgan fingerprint density at radius 1 is 1.38 bits per heavy atom. The molecule has 2 aliphatic rings. The van der Waals surface area contributed by atoms with Gasteiger partial charge >= 0.3 is 0 Å². The Hall–Kier alpha value is -1.06. The molecule has 21 heavy (non-hydrogen) atoms. The molecule has 2 fully saturated rings. The highest BCUT2D eigenvalue weighted by molar-refractivity contribution is 5.51. The molecule has 0 spiro atoms. The van der Waals surface area contributed by atoms with Crippen molar-refractivity contribution < 1.29 is 4.74 Å². The van der Waals surface area contributed by atoms with Crippen molar-refractivity contribution in [2.75, 3.05) is 25.1 Å². The molecule has 0 amide bonds. The predicted molar refractivity (Wildman–Crippen MR) is 87.7 cm³/mol. The van der Waals surface area contributed by atoms with Gasteiger partial charge in [-0.2, -0.15) is 0 Å². The normalized spacial score (nSPS) is 29.7. The molecule has 1 saturated carbocycles. The molecule has 1 aliphatic carbocycles. The highest BCUT2D eigenvalue weighted by Gasteiger charge is 2.45. The van der Waals surface area contributed by atoms with Crippen LogP contribution >= 0.6 is 0 Å². The van der Waals surface area contributed by atoms with Gasteiger partial charge in [0.1, 0.15) is 0 Å². The second-order valence-electron chi connectivity index (χ2n) is 6.87. The number of hydrogen-bond donors (Lipinski definition) is 1. The quantitative estimate of drug-likeness (QED) is 0.900. The third-order valence-electron chi connectivity index (χ3n) is 5.18. The van der Waals surface area contributed by atoms with Crippen LogP contribution < -0.4 is 10.2 Å². The fourth-order valence-corrected chi connectivity index (χ4v) is 3.65. The van der Waals surface area contributed by atoms with Crippen LogP contribution in [0.1, 0.15) is 38.7 Å². The maximum Gasteiger partial charge on any atom is 0.0713 e. The van der Waals surface area contributed by atoms with Gasteiger partial charge in [-0.3, -0.25) is 0 Å². The Labute approximate surface area is 128 Å². The van der Waals surface area contributed by atoms with Crippen molar-refractivity contribution in [2.24, 2.45) is 5.92 Å². The van der Waals surface area contributed by atoms with Crippen LogP contribution in [0.25, 0.3) is 0 Å². The molecule has 1 heterocycles. The van der Waals surface area contributed by atoms with Crippen LogP contribution in [0.4, 0.5) is 5.69 Å². The summed E-state index contributed by atoms with van der Waals surface area (Å²) in [4.78, 5) is 2.62. The summed E-state index contributed by atoms with van der Waals surface area (Å²) in [5.41, 5.74) is 2.89. The monoisotopic (exact) mass is 288 g/mol. The van der Waals surface area contributed by atoms with Gasteiger partial charge < -0.3 is 15.0 Å². The highest BCUT2D eigenvalue weighted by atomic mass is 16.5. The molecule has 0 aromatic heterocycles. The van der Waals surface area contributed by atoms with E-state index >= 15 is 0 Å². The Morgan fingerprint density at radius 2 is 2.19 bits per heavy atom. The summed E-state index contributed by atoms with van der Waals surface area (Å²) in [5.74, 6) is 0.861. The van der Waals surface area contributed by atoms with Gasteiger partial charge in [0.05, 0.1) is 6.61 Å². The van der Waals surface area contributed by atoms with E-state index in [-0.39, 0.29) is 5.54 Å². The van der Waals surface area contributed by atoms with Gasteiger partial charge in [0, 0.05) is 37.5 Å². The van der Waals surface area contributed by atoms with Crippen molar-refractivity contribution in [1.29, 1.82) is 0 Å². The lowest BCUT2D eigenvalue weighted by Gasteiger charge is -2.48. The molecule has 0 bridgehead atoms. The van der Waals surface area contributed by atoms with E-state index in [0.717, 1.165) is 19.0 Å². The van der Waals surface area contributed by atoms with Crippen molar-refractivity contribution in [2.45, 2.75) is 51.3 Å². The lowest BCUT2D eigenvalue weighted by Crippen LogP contribution is -2.64. The maximum absolute atomic E-state index is 5.28. The third-order valence-corrected chi connectivity index (χ3v) is 5.18. The van der Waals surface area contributed by atoms with Gasteiger partial charge in [0.2, 0.25) is 0 Å². The largest absolute Gasteiger partial charge is 0.380 e. The molecule has 2 unspecified atom stereocenters. The fourth-order valence-electron chi connectivity index (χ4n) is 3.65. The molecule has 116 valence electrons. The number of anilines is 1. The number of piperazine rings is 1. The first-order valence-corrected chi connectivity index (χ1v) is 8.26. The first-order valence-electron chi connectivity index (χ1n) is 8.26. The van der Waals surface area contributed by atoms with E-state index in [0.29, 0.717) is 12.6 Å². The van der Waals surface area contributed by atoms with Crippen molar-refractivity contribution in [3.8, 4) is 0 Å². The van der Waals surface area contributed by atoms with Crippen molar-refractivity contribution >= 4 is 5.69 Å². The summed E-state index contributed by atoms with van der Waals surface area (Å²) < 4.78 is 5.28. The number of hydrogen-bond acceptors (Lipinski definition) is 3. The number of nitrogens with zero attached hydrogens (tertiary/aromatic N) is 1. The smallest absolute Gasteiger partial charge is 0.0713 e. The second kappa shape index (κ2) is 5.98. The molecule has 1 aromatic carbocycles. The molecule has 1 aliphatic heterocycles. The lowest BCUT2D eigenvalue weighted by molar-refractivity contribution is 0.185. The van der Waals surface area contributed by atoms with E-state index in [1.165, 1.54) is 30.5 Å². The van der Waals surface area contributed by atoms with Crippen molar-refractivity contribution in [3.05, 3.63) is 29.8 Å². The van der Waals surface area contributed by atoms with E-state index in [1.807, 2.05) is 0 Å². The van der Waals surface area contributed by atoms with Crippen LogP contribution in [-0.4, -0.2) is 31.8 Å². The summed E-state index contributed by atoms with van der Waals surface area (Å²) in [6.45, 7) is 7.60. The number of nitrogens with one attached hydrogen (secondary N) is 1. The van der Waals surface area contributed by atoms with Gasteiger partial charge in [-0.05, 0) is 49.8 Å². The van der Waals surface area contributed by atoms with Crippen LogP contribution in [0.3, 0.4) is 0 Å². The molecule has 3 nitrogen and oxygen atoms in total. The molecule has 0 radical (unpaired) electrons. The summed E-state index contributed by atoms with van der Waals surface area (Å²) in [5, 5.41) is 3.83. The van der Waals surface area contributed by atoms with Crippen LogP contribution in [0.5, 0.6) is 0 Å². The fraction of sp³-hybridized carbons (Fsp3) is 0.667. The number of methoxy groups -OCH3 is 1. The van der Waals surface area contributed by atoms with E-state index < -0.39 is 0 Å². The van der Waals surface area contributed by atoms with Gasteiger partial charge in [-0.1, -0.05) is 19.1 Å². The summed E-state index contributed by atoms with van der Waals surface area (Å²) >= 11 is 0. The van der Waals surface area contributed by atoms with Crippen molar-refractivity contribution in [1.82, 2.24) is 5.32 Å². The van der Waals surface area contributed by atoms with E-state index in [4.69, 9.17) is 4.74 Å². The first kappa shape index (κ1) is 14.9.